The number of fused-ring (bicyclic) bond motifs is 5. The van der Waals surface area contributed by atoms with Gasteiger partial charge in [0, 0.05) is 7.11 Å². The lowest BCUT2D eigenvalue weighted by Crippen LogP contribution is -2.50. The maximum atomic E-state index is 5.77. The monoisotopic (exact) mass is 426 g/mol. The summed E-state index contributed by atoms with van der Waals surface area (Å²) in [7, 11) is 1.91. The lowest BCUT2D eigenvalue weighted by atomic mass is 9.47. The summed E-state index contributed by atoms with van der Waals surface area (Å²) in [5, 5.41) is 0. The molecule has 0 saturated heterocycles. The molecule has 8 atom stereocenters. The minimum Gasteiger partial charge on any atom is -0.381 e. The fraction of sp³-hybridized carbons (Fsp3) is 0.867. The van der Waals surface area contributed by atoms with E-state index >= 15 is 0 Å². The van der Waals surface area contributed by atoms with E-state index < -0.39 is 0 Å². The average Bonchev–Trinajstić information content (AvgIpc) is 3.09. The van der Waals surface area contributed by atoms with E-state index in [0.29, 0.717) is 16.9 Å². The number of allylic oxidation sites excluding steroid dienone is 3. The highest BCUT2D eigenvalue weighted by Gasteiger charge is 2.59. The van der Waals surface area contributed by atoms with Crippen LogP contribution in [0.1, 0.15) is 106 Å². The normalized spacial score (nSPS) is 43.8. The summed E-state index contributed by atoms with van der Waals surface area (Å²) < 4.78 is 5.77. The summed E-state index contributed by atoms with van der Waals surface area (Å²) in [6.07, 6.45) is 19.4. The zero-order valence-electron chi connectivity index (χ0n) is 21.7. The van der Waals surface area contributed by atoms with Crippen molar-refractivity contribution >= 4 is 0 Å². The van der Waals surface area contributed by atoms with Gasteiger partial charge in [0.05, 0.1) is 6.10 Å². The molecule has 0 radical (unpaired) electrons. The van der Waals surface area contributed by atoms with Gasteiger partial charge in [-0.25, -0.2) is 0 Å². The molecule has 0 spiro atoms. The van der Waals surface area contributed by atoms with Gasteiger partial charge in [-0.3, -0.25) is 0 Å². The largest absolute Gasteiger partial charge is 0.381 e. The molecule has 3 fully saturated rings. The van der Waals surface area contributed by atoms with Gasteiger partial charge in [0.25, 0.3) is 0 Å². The van der Waals surface area contributed by atoms with E-state index in [0.717, 1.165) is 35.5 Å². The first-order valence-corrected chi connectivity index (χ1v) is 13.6. The summed E-state index contributed by atoms with van der Waals surface area (Å²) in [5.74, 6) is 5.18. The Hall–Kier alpha value is -0.560. The maximum Gasteiger partial charge on any atom is 0.0608 e. The second-order valence-corrected chi connectivity index (χ2v) is 12.7. The predicted molar refractivity (Wildman–Crippen MR) is 133 cm³/mol. The van der Waals surface area contributed by atoms with Crippen LogP contribution in [0.25, 0.3) is 0 Å². The number of hydrogen-bond donors (Lipinski definition) is 0. The smallest absolute Gasteiger partial charge is 0.0608 e. The van der Waals surface area contributed by atoms with Gasteiger partial charge >= 0.3 is 0 Å². The van der Waals surface area contributed by atoms with Gasteiger partial charge in [0.15, 0.2) is 0 Å². The van der Waals surface area contributed by atoms with E-state index in [1.165, 1.54) is 64.2 Å². The molecule has 0 amide bonds. The lowest BCUT2D eigenvalue weighted by molar-refractivity contribution is -0.0572. The summed E-state index contributed by atoms with van der Waals surface area (Å²) in [6, 6.07) is 0. The molecule has 1 nitrogen and oxygen atoms in total. The highest BCUT2D eigenvalue weighted by Crippen LogP contribution is 2.67. The Bertz CT molecular complexity index is 701. The van der Waals surface area contributed by atoms with Gasteiger partial charge < -0.3 is 4.74 Å². The van der Waals surface area contributed by atoms with Gasteiger partial charge in [-0.05, 0) is 111 Å². The molecule has 4 aliphatic carbocycles. The first-order chi connectivity index (χ1) is 14.7. The van der Waals surface area contributed by atoms with Crippen LogP contribution in [-0.2, 0) is 4.74 Å². The van der Waals surface area contributed by atoms with E-state index in [1.54, 1.807) is 11.1 Å². The van der Waals surface area contributed by atoms with Crippen LogP contribution in [0.4, 0.5) is 0 Å². The highest BCUT2D eigenvalue weighted by atomic mass is 16.5. The standard InChI is InChI=1S/C30H50O/c1-8-22(17-20(2)3)18-21(4)26-11-12-27-25-10-9-23-19-24(31-7)13-15-29(23,5)28(25)14-16-30(26,27)6/h9,18,20-21,24-28H,8,10-17,19H2,1-7H3/b22-18-. The molecule has 0 aromatic heterocycles. The summed E-state index contributed by atoms with van der Waals surface area (Å²) >= 11 is 0. The molecule has 1 heteroatoms. The van der Waals surface area contributed by atoms with Crippen molar-refractivity contribution in [1.82, 2.24) is 0 Å². The quantitative estimate of drug-likeness (QED) is 0.386. The van der Waals surface area contributed by atoms with E-state index in [-0.39, 0.29) is 0 Å². The molecule has 0 aromatic rings. The minimum atomic E-state index is 0.454. The number of rotatable bonds is 6. The Balaban J connectivity index is 1.54. The molecule has 31 heavy (non-hydrogen) atoms. The van der Waals surface area contributed by atoms with Crippen molar-refractivity contribution in [3.63, 3.8) is 0 Å². The Labute approximate surface area is 193 Å². The maximum absolute atomic E-state index is 5.77. The number of methoxy groups -OCH3 is 1. The second-order valence-electron chi connectivity index (χ2n) is 12.7. The van der Waals surface area contributed by atoms with Gasteiger partial charge in [0.1, 0.15) is 0 Å². The zero-order valence-corrected chi connectivity index (χ0v) is 21.7. The molecule has 0 N–H and O–H groups in total. The fourth-order valence-corrected chi connectivity index (χ4v) is 9.08. The molecule has 3 saturated carbocycles. The van der Waals surface area contributed by atoms with Crippen molar-refractivity contribution in [2.75, 3.05) is 7.11 Å². The first-order valence-electron chi connectivity index (χ1n) is 13.6. The summed E-state index contributed by atoms with van der Waals surface area (Å²) in [4.78, 5) is 0. The van der Waals surface area contributed by atoms with E-state index in [9.17, 15) is 0 Å². The van der Waals surface area contributed by atoms with Crippen molar-refractivity contribution in [2.24, 2.45) is 46.3 Å². The molecule has 0 aliphatic heterocycles. The van der Waals surface area contributed by atoms with Gasteiger partial charge in [-0.2, -0.15) is 0 Å². The molecule has 0 aromatic carbocycles. The van der Waals surface area contributed by atoms with Crippen LogP contribution in [0.3, 0.4) is 0 Å². The van der Waals surface area contributed by atoms with E-state index in [1.807, 2.05) is 7.11 Å². The van der Waals surface area contributed by atoms with Crippen LogP contribution in [0.15, 0.2) is 23.3 Å². The third-order valence-electron chi connectivity index (χ3n) is 10.7. The van der Waals surface area contributed by atoms with Crippen LogP contribution in [0, 0.1) is 46.3 Å². The third kappa shape index (κ3) is 4.11. The van der Waals surface area contributed by atoms with Crippen LogP contribution < -0.4 is 0 Å². The molecule has 4 rings (SSSR count). The molecule has 4 aliphatic rings. The first kappa shape index (κ1) is 23.6. The third-order valence-corrected chi connectivity index (χ3v) is 10.7. The van der Waals surface area contributed by atoms with Crippen molar-refractivity contribution < 1.29 is 4.74 Å². The Morgan fingerprint density at radius 3 is 2.55 bits per heavy atom. The van der Waals surface area contributed by atoms with Gasteiger partial charge in [0.2, 0.25) is 0 Å². The predicted octanol–water partition coefficient (Wildman–Crippen LogP) is 8.60. The fourth-order valence-electron chi connectivity index (χ4n) is 9.08. The lowest BCUT2D eigenvalue weighted by Gasteiger charge is -2.58. The van der Waals surface area contributed by atoms with E-state index in [4.69, 9.17) is 4.74 Å². The van der Waals surface area contributed by atoms with Crippen LogP contribution >= 0.6 is 0 Å². The Kier molecular flexibility index (Phi) is 6.85. The van der Waals surface area contributed by atoms with Crippen molar-refractivity contribution in [2.45, 2.75) is 112 Å². The Morgan fingerprint density at radius 1 is 1.10 bits per heavy atom. The highest BCUT2D eigenvalue weighted by molar-refractivity contribution is 5.25. The van der Waals surface area contributed by atoms with Crippen LogP contribution in [0.5, 0.6) is 0 Å². The molecule has 0 bridgehead atoms. The number of hydrogen-bond acceptors (Lipinski definition) is 1. The summed E-state index contributed by atoms with van der Waals surface area (Å²) in [5.41, 5.74) is 4.47. The van der Waals surface area contributed by atoms with Crippen molar-refractivity contribution in [3.05, 3.63) is 23.3 Å². The second kappa shape index (κ2) is 9.00. The topological polar surface area (TPSA) is 9.23 Å². The number of ether oxygens (including phenoxy) is 1. The van der Waals surface area contributed by atoms with Gasteiger partial charge in [-0.15, -0.1) is 0 Å². The van der Waals surface area contributed by atoms with Crippen molar-refractivity contribution in [1.29, 1.82) is 0 Å². The van der Waals surface area contributed by atoms with Crippen LogP contribution in [0.2, 0.25) is 0 Å². The molecular formula is C30H50O. The summed E-state index contributed by atoms with van der Waals surface area (Å²) in [6.45, 7) is 15.0. The van der Waals surface area contributed by atoms with Gasteiger partial charge in [-0.1, -0.05) is 64.8 Å². The van der Waals surface area contributed by atoms with Crippen LogP contribution in [-0.4, -0.2) is 13.2 Å². The zero-order chi connectivity index (χ0) is 22.4. The SMILES string of the molecule is CC/C(=C/C(C)C1CCC2C3CC=C4CC(OC)CCC4(C)C3CCC12C)CC(C)C. The minimum absolute atomic E-state index is 0.454. The molecule has 0 heterocycles. The Morgan fingerprint density at radius 2 is 1.87 bits per heavy atom. The average molecular weight is 427 g/mol. The molecule has 176 valence electrons. The molecule has 8 unspecified atom stereocenters. The molecular weight excluding hydrogens is 376 g/mol. The van der Waals surface area contributed by atoms with E-state index in [2.05, 4.69) is 53.7 Å². The van der Waals surface area contributed by atoms with Crippen molar-refractivity contribution in [3.8, 4) is 0 Å².